The summed E-state index contributed by atoms with van der Waals surface area (Å²) in [5.41, 5.74) is 6.86. The minimum Gasteiger partial charge on any atom is -0.489 e. The van der Waals surface area contributed by atoms with Crippen LogP contribution in [0.25, 0.3) is 0 Å². The monoisotopic (exact) mass is 374 g/mol. The van der Waals surface area contributed by atoms with E-state index >= 15 is 0 Å². The van der Waals surface area contributed by atoms with Gasteiger partial charge in [-0.2, -0.15) is 0 Å². The molecule has 0 aliphatic carbocycles. The van der Waals surface area contributed by atoms with E-state index in [4.69, 9.17) is 19.9 Å². The van der Waals surface area contributed by atoms with Gasteiger partial charge in [0.1, 0.15) is 12.4 Å². The molecule has 0 bridgehead atoms. The van der Waals surface area contributed by atoms with E-state index in [1.165, 1.54) is 12.1 Å². The molecule has 0 fully saturated rings. The molecule has 0 spiro atoms. The Kier molecular flexibility index (Phi) is 6.13. The Morgan fingerprint density at radius 2 is 2.04 bits per heavy atom. The average Bonchev–Trinajstić information content (AvgIpc) is 2.91. The third-order valence-corrected chi connectivity index (χ3v) is 4.25. The van der Waals surface area contributed by atoms with Crippen LogP contribution < -0.4 is 25.3 Å². The first-order chi connectivity index (χ1) is 13.0. The van der Waals surface area contributed by atoms with Crippen molar-refractivity contribution in [2.24, 2.45) is 5.73 Å². The fourth-order valence-corrected chi connectivity index (χ4v) is 2.69. The largest absolute Gasteiger partial charge is 0.489 e. The first-order valence-electron chi connectivity index (χ1n) is 8.86. The lowest BCUT2D eigenvalue weighted by atomic mass is 10.1. The van der Waals surface area contributed by atoms with E-state index < -0.39 is 11.9 Å². The van der Waals surface area contributed by atoms with Crippen molar-refractivity contribution in [3.05, 3.63) is 53.3 Å². The van der Waals surface area contributed by atoms with Crippen LogP contribution in [0.4, 0.5) is 4.39 Å². The smallest absolute Gasteiger partial charge is 0.234 e. The number of nitrogens with one attached hydrogen (secondary N) is 1. The first kappa shape index (κ1) is 19.0. The van der Waals surface area contributed by atoms with Crippen molar-refractivity contribution in [2.75, 3.05) is 13.2 Å². The van der Waals surface area contributed by atoms with E-state index in [2.05, 4.69) is 5.32 Å². The van der Waals surface area contributed by atoms with Gasteiger partial charge < -0.3 is 25.3 Å². The fraction of sp³-hybridized carbons (Fsp3) is 0.350. The predicted octanol–water partition coefficient (Wildman–Crippen LogP) is 2.53. The van der Waals surface area contributed by atoms with Crippen molar-refractivity contribution in [1.29, 1.82) is 0 Å². The molecule has 7 heteroatoms. The van der Waals surface area contributed by atoms with E-state index in [9.17, 15) is 9.18 Å². The molecule has 1 amide bonds. The zero-order chi connectivity index (χ0) is 19.2. The number of amides is 1. The summed E-state index contributed by atoms with van der Waals surface area (Å²) in [5.74, 6) is 0.916. The number of ether oxygens (including phenoxy) is 3. The number of carbonyl (C=O) groups excluding carboxylic acids is 1. The van der Waals surface area contributed by atoms with Gasteiger partial charge in [0.2, 0.25) is 11.7 Å². The highest BCUT2D eigenvalue weighted by atomic mass is 19.1. The number of fused-ring (bicyclic) bond motifs is 1. The molecule has 144 valence electrons. The second-order valence-electron chi connectivity index (χ2n) is 6.36. The van der Waals surface area contributed by atoms with Gasteiger partial charge in [-0.3, -0.25) is 4.79 Å². The highest BCUT2D eigenvalue weighted by Gasteiger charge is 2.21. The molecule has 0 unspecified atom stereocenters. The molecule has 1 aliphatic heterocycles. The predicted molar refractivity (Wildman–Crippen MR) is 98.3 cm³/mol. The van der Waals surface area contributed by atoms with Crippen LogP contribution in [0.5, 0.6) is 17.2 Å². The van der Waals surface area contributed by atoms with E-state index in [1.807, 2.05) is 6.07 Å². The maximum atomic E-state index is 13.3. The molecular weight excluding hydrogens is 351 g/mol. The summed E-state index contributed by atoms with van der Waals surface area (Å²) in [7, 11) is 0. The van der Waals surface area contributed by atoms with Gasteiger partial charge >= 0.3 is 0 Å². The van der Waals surface area contributed by atoms with E-state index in [-0.39, 0.29) is 12.4 Å². The van der Waals surface area contributed by atoms with Gasteiger partial charge in [0.15, 0.2) is 11.5 Å². The van der Waals surface area contributed by atoms with Crippen LogP contribution in [-0.4, -0.2) is 25.2 Å². The lowest BCUT2D eigenvalue weighted by molar-refractivity contribution is -0.119. The zero-order valence-corrected chi connectivity index (χ0v) is 15.2. The molecule has 0 radical (unpaired) electrons. The number of carbonyl (C=O) groups is 1. The summed E-state index contributed by atoms with van der Waals surface area (Å²) in [6.07, 6.45) is 0.753. The van der Waals surface area contributed by atoms with Gasteiger partial charge in [0.05, 0.1) is 19.3 Å². The SMILES string of the molecule is C[C@H](NCc1ccc(OCc2cccc(F)c2)c2c1OCCCO2)C(N)=O. The number of hydrogen-bond acceptors (Lipinski definition) is 5. The van der Waals surface area contributed by atoms with E-state index in [1.54, 1.807) is 25.1 Å². The van der Waals surface area contributed by atoms with Crippen LogP contribution in [0, 0.1) is 5.82 Å². The summed E-state index contributed by atoms with van der Waals surface area (Å²) < 4.78 is 30.9. The van der Waals surface area contributed by atoms with Crippen LogP contribution in [0.2, 0.25) is 0 Å². The quantitative estimate of drug-likeness (QED) is 0.778. The molecule has 0 saturated carbocycles. The summed E-state index contributed by atoms with van der Waals surface area (Å²) in [6, 6.07) is 9.44. The van der Waals surface area contributed by atoms with Gasteiger partial charge in [-0.05, 0) is 30.7 Å². The Labute approximate surface area is 157 Å². The third kappa shape index (κ3) is 4.89. The van der Waals surface area contributed by atoms with Crippen molar-refractivity contribution in [2.45, 2.75) is 32.5 Å². The number of rotatable bonds is 7. The molecule has 6 nitrogen and oxygen atoms in total. The Morgan fingerprint density at radius 1 is 1.26 bits per heavy atom. The second-order valence-corrected chi connectivity index (χ2v) is 6.36. The Bertz CT molecular complexity index is 813. The van der Waals surface area contributed by atoms with Crippen molar-refractivity contribution in [3.8, 4) is 17.2 Å². The van der Waals surface area contributed by atoms with Crippen LogP contribution in [0.15, 0.2) is 36.4 Å². The van der Waals surface area contributed by atoms with Crippen molar-refractivity contribution >= 4 is 5.91 Å². The summed E-state index contributed by atoms with van der Waals surface area (Å²) >= 11 is 0. The van der Waals surface area contributed by atoms with Gasteiger partial charge in [-0.1, -0.05) is 18.2 Å². The maximum Gasteiger partial charge on any atom is 0.234 e. The van der Waals surface area contributed by atoms with E-state index in [0.29, 0.717) is 37.0 Å². The van der Waals surface area contributed by atoms with Gasteiger partial charge in [0.25, 0.3) is 0 Å². The number of hydrogen-bond donors (Lipinski definition) is 2. The number of primary amides is 1. The molecule has 3 N–H and O–H groups in total. The highest BCUT2D eigenvalue weighted by molar-refractivity contribution is 5.79. The second kappa shape index (κ2) is 8.73. The minimum atomic E-state index is -0.462. The lowest BCUT2D eigenvalue weighted by Crippen LogP contribution is -2.38. The molecule has 3 rings (SSSR count). The highest BCUT2D eigenvalue weighted by Crippen LogP contribution is 2.42. The number of benzene rings is 2. The minimum absolute atomic E-state index is 0.212. The van der Waals surface area contributed by atoms with Crippen LogP contribution in [-0.2, 0) is 17.9 Å². The summed E-state index contributed by atoms with van der Waals surface area (Å²) in [6.45, 7) is 3.36. The molecule has 0 aromatic heterocycles. The Hall–Kier alpha value is -2.80. The molecular formula is C20H23FN2O4. The molecule has 0 saturated heterocycles. The van der Waals surface area contributed by atoms with E-state index in [0.717, 1.165) is 17.5 Å². The van der Waals surface area contributed by atoms with Crippen LogP contribution in [0.1, 0.15) is 24.5 Å². The van der Waals surface area contributed by atoms with Gasteiger partial charge in [-0.25, -0.2) is 4.39 Å². The number of nitrogens with two attached hydrogens (primary N) is 1. The number of halogens is 1. The fourth-order valence-electron chi connectivity index (χ4n) is 2.69. The first-order valence-corrected chi connectivity index (χ1v) is 8.86. The van der Waals surface area contributed by atoms with Crippen molar-refractivity contribution < 1.29 is 23.4 Å². The van der Waals surface area contributed by atoms with Gasteiger partial charge in [0, 0.05) is 18.5 Å². The molecule has 2 aromatic rings. The third-order valence-electron chi connectivity index (χ3n) is 4.25. The zero-order valence-electron chi connectivity index (χ0n) is 15.2. The van der Waals surface area contributed by atoms with Gasteiger partial charge in [-0.15, -0.1) is 0 Å². The van der Waals surface area contributed by atoms with Crippen molar-refractivity contribution in [1.82, 2.24) is 5.32 Å². The lowest BCUT2D eigenvalue weighted by Gasteiger charge is -2.18. The summed E-state index contributed by atoms with van der Waals surface area (Å²) in [4.78, 5) is 11.2. The summed E-state index contributed by atoms with van der Waals surface area (Å²) in [5, 5.41) is 3.06. The Balaban J connectivity index is 1.79. The topological polar surface area (TPSA) is 82.8 Å². The normalized spacial score (nSPS) is 14.3. The molecule has 27 heavy (non-hydrogen) atoms. The average molecular weight is 374 g/mol. The Morgan fingerprint density at radius 3 is 2.78 bits per heavy atom. The standard InChI is InChI=1S/C20H23FN2O4/c1-13(20(22)24)23-11-15-6-7-17(19-18(15)25-8-3-9-26-19)27-12-14-4-2-5-16(21)10-14/h2,4-7,10,13,23H,3,8-9,11-12H2,1H3,(H2,22,24)/t13-/m0/s1. The molecule has 1 aliphatic rings. The van der Waals surface area contributed by atoms with Crippen molar-refractivity contribution in [3.63, 3.8) is 0 Å². The molecule has 2 aromatic carbocycles. The van der Waals surface area contributed by atoms with Crippen LogP contribution >= 0.6 is 0 Å². The molecule has 1 atom stereocenters. The molecule has 1 heterocycles. The maximum absolute atomic E-state index is 13.3. The van der Waals surface area contributed by atoms with Crippen LogP contribution in [0.3, 0.4) is 0 Å².